The summed E-state index contributed by atoms with van der Waals surface area (Å²) in [6, 6.07) is 0. The Morgan fingerprint density at radius 2 is 2.38 bits per heavy atom. The molecule has 0 saturated carbocycles. The van der Waals surface area contributed by atoms with Crippen LogP contribution < -0.4 is 0 Å². The summed E-state index contributed by atoms with van der Waals surface area (Å²) in [6.45, 7) is 2.32. The second kappa shape index (κ2) is 5.35. The van der Waals surface area contributed by atoms with Gasteiger partial charge in [-0.2, -0.15) is 0 Å². The molecule has 0 bridgehead atoms. The molecule has 0 radical (unpaired) electrons. The van der Waals surface area contributed by atoms with Crippen molar-refractivity contribution in [2.75, 3.05) is 19.1 Å². The molecule has 1 unspecified atom stereocenters. The maximum Gasteiger partial charge on any atom is 0.0701 e. The molecule has 3 heteroatoms. The number of ether oxygens (including phenoxy) is 1. The predicted octanol–water partition coefficient (Wildman–Crippen LogP) is 0.623. The molecular weight excluding hydrogens is 128 g/mol. The Kier molecular flexibility index (Phi) is 5.49. The zero-order valence-electron chi connectivity index (χ0n) is 4.93. The van der Waals surface area contributed by atoms with Gasteiger partial charge in [-0.25, -0.2) is 0 Å². The number of aliphatic hydroxyl groups excluding tert-OH is 1. The molecule has 1 N–H and O–H groups in total. The van der Waals surface area contributed by atoms with Gasteiger partial charge in [-0.15, -0.1) is 11.6 Å². The predicted molar refractivity (Wildman–Crippen MR) is 33.2 cm³/mol. The van der Waals surface area contributed by atoms with E-state index in [1.165, 1.54) is 0 Å². The van der Waals surface area contributed by atoms with Crippen molar-refractivity contribution in [3.63, 3.8) is 0 Å². The highest BCUT2D eigenvalue weighted by molar-refractivity contribution is 6.18. The van der Waals surface area contributed by atoms with Crippen molar-refractivity contribution in [3.8, 4) is 0 Å². The fourth-order valence-corrected chi connectivity index (χ4v) is 0.388. The minimum atomic E-state index is 0.0591. The van der Waals surface area contributed by atoms with E-state index < -0.39 is 0 Å². The van der Waals surface area contributed by atoms with Gasteiger partial charge in [-0.05, 0) is 6.92 Å². The molecule has 0 amide bonds. The van der Waals surface area contributed by atoms with E-state index in [1.54, 1.807) is 0 Å². The summed E-state index contributed by atoms with van der Waals surface area (Å²) < 4.78 is 4.96. The molecule has 0 fully saturated rings. The molecule has 50 valence electrons. The van der Waals surface area contributed by atoms with Crippen molar-refractivity contribution < 1.29 is 9.84 Å². The summed E-state index contributed by atoms with van der Waals surface area (Å²) in [5.74, 6) is 0.486. The van der Waals surface area contributed by atoms with Gasteiger partial charge in [-0.3, -0.25) is 0 Å². The SMILES string of the molecule is CC(CCl)OCCO. The van der Waals surface area contributed by atoms with Gasteiger partial charge in [0.1, 0.15) is 0 Å². The van der Waals surface area contributed by atoms with Crippen LogP contribution in [0, 0.1) is 0 Å². The summed E-state index contributed by atoms with van der Waals surface area (Å²) >= 11 is 5.38. The fraction of sp³-hybridized carbons (Fsp3) is 1.00. The third-order valence-corrected chi connectivity index (χ3v) is 1.15. The molecule has 2 nitrogen and oxygen atoms in total. The molecule has 0 aromatic carbocycles. The normalized spacial score (nSPS) is 13.9. The first kappa shape index (κ1) is 8.21. The lowest BCUT2D eigenvalue weighted by molar-refractivity contribution is 0.0512. The monoisotopic (exact) mass is 138 g/mol. The molecule has 0 saturated heterocycles. The summed E-state index contributed by atoms with van der Waals surface area (Å²) in [7, 11) is 0. The summed E-state index contributed by atoms with van der Waals surface area (Å²) in [4.78, 5) is 0. The smallest absolute Gasteiger partial charge is 0.0701 e. The molecule has 0 spiro atoms. The lowest BCUT2D eigenvalue weighted by Gasteiger charge is -2.06. The summed E-state index contributed by atoms with van der Waals surface area (Å²) in [5, 5.41) is 8.24. The van der Waals surface area contributed by atoms with Gasteiger partial charge >= 0.3 is 0 Å². The minimum Gasteiger partial charge on any atom is -0.394 e. The molecular formula is C5H11ClO2. The third-order valence-electron chi connectivity index (χ3n) is 0.711. The average molecular weight is 139 g/mol. The van der Waals surface area contributed by atoms with Crippen molar-refractivity contribution >= 4 is 11.6 Å². The van der Waals surface area contributed by atoms with Crippen LogP contribution in [0.2, 0.25) is 0 Å². The molecule has 1 atom stereocenters. The van der Waals surface area contributed by atoms with Crippen LogP contribution in [0.1, 0.15) is 6.92 Å². The first-order chi connectivity index (χ1) is 3.81. The Bertz CT molecular complexity index is 49.7. The lowest BCUT2D eigenvalue weighted by atomic mass is 10.5. The molecule has 0 rings (SSSR count). The molecule has 8 heavy (non-hydrogen) atoms. The Hall–Kier alpha value is 0.210. The number of hydrogen-bond acceptors (Lipinski definition) is 2. The van der Waals surface area contributed by atoms with Gasteiger partial charge in [0, 0.05) is 5.88 Å². The van der Waals surface area contributed by atoms with Crippen molar-refractivity contribution in [2.45, 2.75) is 13.0 Å². The van der Waals surface area contributed by atoms with Gasteiger partial charge in [0.2, 0.25) is 0 Å². The Morgan fingerprint density at radius 1 is 1.75 bits per heavy atom. The first-order valence-corrected chi connectivity index (χ1v) is 3.13. The van der Waals surface area contributed by atoms with E-state index in [4.69, 9.17) is 21.4 Å². The quantitative estimate of drug-likeness (QED) is 0.578. The van der Waals surface area contributed by atoms with Crippen molar-refractivity contribution in [1.82, 2.24) is 0 Å². The van der Waals surface area contributed by atoms with E-state index >= 15 is 0 Å². The standard InChI is InChI=1S/C5H11ClO2/c1-5(4-6)8-3-2-7/h5,7H,2-4H2,1H3. The van der Waals surface area contributed by atoms with E-state index in [0.29, 0.717) is 12.5 Å². The van der Waals surface area contributed by atoms with Crippen LogP contribution in [0.3, 0.4) is 0 Å². The molecule has 0 aliphatic heterocycles. The second-order valence-electron chi connectivity index (χ2n) is 1.56. The van der Waals surface area contributed by atoms with Gasteiger partial charge in [0.05, 0.1) is 19.3 Å². The number of halogens is 1. The molecule has 0 aliphatic rings. The van der Waals surface area contributed by atoms with Crippen molar-refractivity contribution in [3.05, 3.63) is 0 Å². The van der Waals surface area contributed by atoms with Gasteiger partial charge in [0.15, 0.2) is 0 Å². The van der Waals surface area contributed by atoms with Crippen LogP contribution in [0.15, 0.2) is 0 Å². The Morgan fingerprint density at radius 3 is 2.75 bits per heavy atom. The molecule has 0 heterocycles. The fourth-order valence-electron chi connectivity index (χ4n) is 0.298. The van der Waals surface area contributed by atoms with Crippen molar-refractivity contribution in [1.29, 1.82) is 0 Å². The first-order valence-electron chi connectivity index (χ1n) is 2.59. The van der Waals surface area contributed by atoms with Crippen LogP contribution in [0.4, 0.5) is 0 Å². The topological polar surface area (TPSA) is 29.5 Å². The van der Waals surface area contributed by atoms with Gasteiger partial charge in [0.25, 0.3) is 0 Å². The highest BCUT2D eigenvalue weighted by atomic mass is 35.5. The highest BCUT2D eigenvalue weighted by Crippen LogP contribution is 1.91. The van der Waals surface area contributed by atoms with E-state index in [-0.39, 0.29) is 12.7 Å². The average Bonchev–Trinajstić information content (AvgIpc) is 1.83. The highest BCUT2D eigenvalue weighted by Gasteiger charge is 1.95. The van der Waals surface area contributed by atoms with E-state index in [2.05, 4.69) is 0 Å². The van der Waals surface area contributed by atoms with Gasteiger partial charge < -0.3 is 9.84 Å². The van der Waals surface area contributed by atoms with Crippen LogP contribution in [0.5, 0.6) is 0 Å². The largest absolute Gasteiger partial charge is 0.394 e. The number of hydrogen-bond donors (Lipinski definition) is 1. The summed E-state index contributed by atoms with van der Waals surface area (Å²) in [6.07, 6.45) is 0.0591. The number of rotatable bonds is 4. The van der Waals surface area contributed by atoms with Crippen LogP contribution >= 0.6 is 11.6 Å². The Labute approximate surface area is 54.4 Å². The molecule has 0 aliphatic carbocycles. The van der Waals surface area contributed by atoms with E-state index in [0.717, 1.165) is 0 Å². The summed E-state index contributed by atoms with van der Waals surface area (Å²) in [5.41, 5.74) is 0. The minimum absolute atomic E-state index is 0.0591. The maximum absolute atomic E-state index is 8.24. The Balaban J connectivity index is 2.86. The van der Waals surface area contributed by atoms with E-state index in [1.807, 2.05) is 6.92 Å². The van der Waals surface area contributed by atoms with E-state index in [9.17, 15) is 0 Å². The zero-order chi connectivity index (χ0) is 6.41. The van der Waals surface area contributed by atoms with Gasteiger partial charge in [-0.1, -0.05) is 0 Å². The lowest BCUT2D eigenvalue weighted by Crippen LogP contribution is -2.12. The van der Waals surface area contributed by atoms with Crippen LogP contribution in [0.25, 0.3) is 0 Å². The number of aliphatic hydroxyl groups is 1. The second-order valence-corrected chi connectivity index (χ2v) is 1.87. The third kappa shape index (κ3) is 4.37. The molecule has 0 aromatic rings. The van der Waals surface area contributed by atoms with Crippen LogP contribution in [-0.4, -0.2) is 30.3 Å². The molecule has 0 aromatic heterocycles. The number of alkyl halides is 1. The van der Waals surface area contributed by atoms with Crippen LogP contribution in [-0.2, 0) is 4.74 Å². The maximum atomic E-state index is 8.24. The zero-order valence-corrected chi connectivity index (χ0v) is 5.69. The van der Waals surface area contributed by atoms with Crippen molar-refractivity contribution in [2.24, 2.45) is 0 Å².